The van der Waals surface area contributed by atoms with Crippen LogP contribution >= 0.6 is 21.6 Å². The lowest BCUT2D eigenvalue weighted by Crippen LogP contribution is -2.40. The highest BCUT2D eigenvalue weighted by molar-refractivity contribution is 8.77. The van der Waals surface area contributed by atoms with E-state index in [1.54, 1.807) is 0 Å². The highest BCUT2D eigenvalue weighted by Crippen LogP contribution is 2.62. The quantitative estimate of drug-likeness (QED) is 0.541. The molecule has 1 saturated heterocycles. The zero-order chi connectivity index (χ0) is 6.32. The Balaban J connectivity index is 2.10. The van der Waals surface area contributed by atoms with Gasteiger partial charge < -0.3 is 0 Å². The molecule has 1 aliphatic carbocycles. The number of rotatable bonds is 1. The SMILES string of the molecule is CCC12CCC1CSS2. The van der Waals surface area contributed by atoms with E-state index in [-0.39, 0.29) is 0 Å². The molecule has 2 rings (SSSR count). The summed E-state index contributed by atoms with van der Waals surface area (Å²) in [4.78, 5) is 0. The van der Waals surface area contributed by atoms with Crippen LogP contribution in [0.25, 0.3) is 0 Å². The van der Waals surface area contributed by atoms with E-state index in [1.165, 1.54) is 25.0 Å². The van der Waals surface area contributed by atoms with Gasteiger partial charge in [0.2, 0.25) is 0 Å². The summed E-state index contributed by atoms with van der Waals surface area (Å²) < 4.78 is 0.755. The van der Waals surface area contributed by atoms with Gasteiger partial charge in [-0.25, -0.2) is 0 Å². The average molecular weight is 160 g/mol. The third-order valence-electron chi connectivity index (χ3n) is 2.75. The molecular weight excluding hydrogens is 148 g/mol. The van der Waals surface area contributed by atoms with Gasteiger partial charge in [-0.2, -0.15) is 0 Å². The van der Waals surface area contributed by atoms with Gasteiger partial charge in [-0.05, 0) is 25.2 Å². The van der Waals surface area contributed by atoms with Gasteiger partial charge in [0, 0.05) is 10.5 Å². The summed E-state index contributed by atoms with van der Waals surface area (Å²) >= 11 is 0. The van der Waals surface area contributed by atoms with E-state index < -0.39 is 0 Å². The van der Waals surface area contributed by atoms with Gasteiger partial charge in [-0.3, -0.25) is 0 Å². The molecule has 1 aliphatic heterocycles. The zero-order valence-electron chi connectivity index (χ0n) is 5.72. The van der Waals surface area contributed by atoms with Crippen LogP contribution in [0.3, 0.4) is 0 Å². The summed E-state index contributed by atoms with van der Waals surface area (Å²) in [5, 5.41) is 0. The Morgan fingerprint density at radius 1 is 1.67 bits per heavy atom. The molecule has 0 amide bonds. The number of hydrogen-bond acceptors (Lipinski definition) is 2. The monoisotopic (exact) mass is 160 g/mol. The molecule has 2 heteroatoms. The molecule has 0 spiro atoms. The molecule has 0 nitrogen and oxygen atoms in total. The van der Waals surface area contributed by atoms with Crippen molar-refractivity contribution >= 4 is 21.6 Å². The van der Waals surface area contributed by atoms with Crippen LogP contribution in [-0.2, 0) is 0 Å². The van der Waals surface area contributed by atoms with Gasteiger partial charge in [0.15, 0.2) is 0 Å². The fourth-order valence-corrected chi connectivity index (χ4v) is 5.90. The summed E-state index contributed by atoms with van der Waals surface area (Å²) in [6.45, 7) is 2.34. The molecule has 9 heavy (non-hydrogen) atoms. The number of hydrogen-bond donors (Lipinski definition) is 0. The molecule has 2 atom stereocenters. The smallest absolute Gasteiger partial charge is 0.0297 e. The van der Waals surface area contributed by atoms with Crippen LogP contribution in [0.2, 0.25) is 0 Å². The van der Waals surface area contributed by atoms with E-state index in [2.05, 4.69) is 28.5 Å². The van der Waals surface area contributed by atoms with Crippen LogP contribution in [0.5, 0.6) is 0 Å². The minimum Gasteiger partial charge on any atom is -0.0932 e. The van der Waals surface area contributed by atoms with Gasteiger partial charge in [0.1, 0.15) is 0 Å². The molecule has 2 aliphatic rings. The van der Waals surface area contributed by atoms with Gasteiger partial charge in [0.05, 0.1) is 0 Å². The summed E-state index contributed by atoms with van der Waals surface area (Å²) in [5.74, 6) is 2.51. The maximum Gasteiger partial charge on any atom is 0.0297 e. The molecule has 0 aromatic carbocycles. The maximum atomic E-state index is 2.34. The van der Waals surface area contributed by atoms with Crippen LogP contribution in [0.4, 0.5) is 0 Å². The largest absolute Gasteiger partial charge is 0.0932 e. The lowest BCUT2D eigenvalue weighted by Gasteiger charge is -2.42. The summed E-state index contributed by atoms with van der Waals surface area (Å²) in [7, 11) is 4.25. The van der Waals surface area contributed by atoms with Gasteiger partial charge in [-0.15, -0.1) is 0 Å². The van der Waals surface area contributed by atoms with Gasteiger partial charge in [-0.1, -0.05) is 28.5 Å². The van der Waals surface area contributed by atoms with Crippen LogP contribution in [0, 0.1) is 5.92 Å². The molecular formula is C7H12S2. The lowest BCUT2D eigenvalue weighted by atomic mass is 9.72. The summed E-state index contributed by atoms with van der Waals surface area (Å²) in [5.41, 5.74) is 0. The molecule has 1 saturated carbocycles. The molecule has 0 bridgehead atoms. The van der Waals surface area contributed by atoms with Crippen molar-refractivity contribution in [3.8, 4) is 0 Å². The van der Waals surface area contributed by atoms with Crippen molar-refractivity contribution in [2.45, 2.75) is 30.9 Å². The average Bonchev–Trinajstić information content (AvgIpc) is 2.10. The van der Waals surface area contributed by atoms with E-state index in [9.17, 15) is 0 Å². The lowest BCUT2D eigenvalue weighted by molar-refractivity contribution is 0.243. The molecule has 0 N–H and O–H groups in total. The fraction of sp³-hybridized carbons (Fsp3) is 1.00. The Morgan fingerprint density at radius 2 is 2.56 bits per heavy atom. The topological polar surface area (TPSA) is 0 Å². The highest BCUT2D eigenvalue weighted by atomic mass is 33.1. The third-order valence-corrected chi connectivity index (χ3v) is 6.32. The Morgan fingerprint density at radius 3 is 2.89 bits per heavy atom. The molecule has 0 radical (unpaired) electrons. The molecule has 0 aromatic heterocycles. The number of fused-ring (bicyclic) bond motifs is 1. The molecule has 52 valence electrons. The predicted octanol–water partition coefficient (Wildman–Crippen LogP) is 2.94. The molecule has 1 heterocycles. The maximum absolute atomic E-state index is 2.34. The normalized spacial score (nSPS) is 48.3. The second-order valence-corrected chi connectivity index (χ2v) is 5.78. The first-order valence-corrected chi connectivity index (χ1v) is 6.00. The van der Waals surface area contributed by atoms with Crippen molar-refractivity contribution in [2.75, 3.05) is 5.75 Å². The van der Waals surface area contributed by atoms with Crippen LogP contribution in [0.1, 0.15) is 26.2 Å². The highest BCUT2D eigenvalue weighted by Gasteiger charge is 2.49. The zero-order valence-corrected chi connectivity index (χ0v) is 7.36. The van der Waals surface area contributed by atoms with Crippen LogP contribution < -0.4 is 0 Å². The van der Waals surface area contributed by atoms with Crippen molar-refractivity contribution in [3.05, 3.63) is 0 Å². The van der Waals surface area contributed by atoms with Crippen LogP contribution in [0.15, 0.2) is 0 Å². The summed E-state index contributed by atoms with van der Waals surface area (Å²) in [6, 6.07) is 0. The minimum atomic E-state index is 0.755. The molecule has 0 aromatic rings. The second-order valence-electron chi connectivity index (χ2n) is 3.02. The minimum absolute atomic E-state index is 0.755. The summed E-state index contributed by atoms with van der Waals surface area (Å²) in [6.07, 6.45) is 4.40. The van der Waals surface area contributed by atoms with Crippen molar-refractivity contribution in [2.24, 2.45) is 5.92 Å². The Bertz CT molecular complexity index is 120. The fourth-order valence-electron chi connectivity index (χ4n) is 1.77. The van der Waals surface area contributed by atoms with E-state index in [0.29, 0.717) is 0 Å². The second kappa shape index (κ2) is 2.09. The van der Waals surface area contributed by atoms with Gasteiger partial charge in [0.25, 0.3) is 0 Å². The molecule has 2 fully saturated rings. The van der Waals surface area contributed by atoms with E-state index in [4.69, 9.17) is 0 Å². The first-order chi connectivity index (χ1) is 4.37. The van der Waals surface area contributed by atoms with E-state index >= 15 is 0 Å². The van der Waals surface area contributed by atoms with Crippen molar-refractivity contribution < 1.29 is 0 Å². The first-order valence-electron chi connectivity index (χ1n) is 3.68. The predicted molar refractivity (Wildman–Crippen MR) is 45.8 cm³/mol. The van der Waals surface area contributed by atoms with E-state index in [1.807, 2.05) is 0 Å². The van der Waals surface area contributed by atoms with Crippen molar-refractivity contribution in [1.29, 1.82) is 0 Å². The standard InChI is InChI=1S/C7H12S2/c1-2-7-4-3-6(7)5-8-9-7/h6H,2-5H2,1H3. The van der Waals surface area contributed by atoms with Crippen molar-refractivity contribution in [3.63, 3.8) is 0 Å². The van der Waals surface area contributed by atoms with Crippen LogP contribution in [-0.4, -0.2) is 10.5 Å². The Hall–Kier alpha value is 0.700. The molecule has 2 unspecified atom stereocenters. The van der Waals surface area contributed by atoms with Gasteiger partial charge >= 0.3 is 0 Å². The van der Waals surface area contributed by atoms with Crippen molar-refractivity contribution in [1.82, 2.24) is 0 Å². The Labute approximate surface area is 64.6 Å². The van der Waals surface area contributed by atoms with E-state index in [0.717, 1.165) is 10.7 Å². The third kappa shape index (κ3) is 0.758. The first kappa shape index (κ1) is 6.41. The Kier molecular flexibility index (Phi) is 1.49.